The van der Waals surface area contributed by atoms with Crippen LogP contribution in [0.5, 0.6) is 0 Å². The summed E-state index contributed by atoms with van der Waals surface area (Å²) in [5.74, 6) is 0. The normalized spacial score (nSPS) is 12.7. The fraction of sp³-hybridized carbons (Fsp3) is 0.250. The Morgan fingerprint density at radius 3 is 2.71 bits per heavy atom. The molecule has 3 nitrogen and oxygen atoms in total. The fourth-order valence-corrected chi connectivity index (χ4v) is 3.25. The summed E-state index contributed by atoms with van der Waals surface area (Å²) in [6.45, 7) is 1.76. The van der Waals surface area contributed by atoms with Gasteiger partial charge in [-0.05, 0) is 24.6 Å². The maximum absolute atomic E-state index is 9.54. The summed E-state index contributed by atoms with van der Waals surface area (Å²) in [7, 11) is 1.90. The van der Waals surface area contributed by atoms with Crippen molar-refractivity contribution in [2.45, 2.75) is 22.8 Å². The van der Waals surface area contributed by atoms with E-state index in [-0.39, 0.29) is 0 Å². The molecule has 0 unspecified atom stereocenters. The first-order chi connectivity index (χ1) is 8.06. The van der Waals surface area contributed by atoms with E-state index in [0.29, 0.717) is 0 Å². The van der Waals surface area contributed by atoms with E-state index in [1.807, 2.05) is 37.6 Å². The standard InChI is InChI=1S/C12H13BrN2OS/c1-8(16)11-4-3-9(5-12(11)13)17-10-6-14-15(2)7-10/h3-8,16H,1-2H3/t8-/m0/s1. The van der Waals surface area contributed by atoms with E-state index in [4.69, 9.17) is 0 Å². The Labute approximate surface area is 113 Å². The van der Waals surface area contributed by atoms with Gasteiger partial charge in [-0.3, -0.25) is 4.68 Å². The van der Waals surface area contributed by atoms with Crippen molar-refractivity contribution in [3.63, 3.8) is 0 Å². The second-order valence-electron chi connectivity index (χ2n) is 3.81. The minimum Gasteiger partial charge on any atom is -0.389 e. The van der Waals surface area contributed by atoms with E-state index in [9.17, 15) is 5.11 Å². The highest BCUT2D eigenvalue weighted by Gasteiger charge is 2.07. The quantitative estimate of drug-likeness (QED) is 0.944. The predicted octanol–water partition coefficient (Wildman–Crippen LogP) is 3.39. The van der Waals surface area contributed by atoms with Crippen molar-refractivity contribution in [2.24, 2.45) is 7.05 Å². The second-order valence-corrected chi connectivity index (χ2v) is 5.81. The van der Waals surface area contributed by atoms with Crippen LogP contribution in [0.15, 0.2) is 44.9 Å². The van der Waals surface area contributed by atoms with Crippen LogP contribution in [0.4, 0.5) is 0 Å². The van der Waals surface area contributed by atoms with Gasteiger partial charge in [-0.1, -0.05) is 33.8 Å². The molecule has 17 heavy (non-hydrogen) atoms. The molecule has 0 saturated carbocycles. The number of aliphatic hydroxyl groups excluding tert-OH is 1. The molecular weight excluding hydrogens is 300 g/mol. The maximum Gasteiger partial charge on any atom is 0.0772 e. The van der Waals surface area contributed by atoms with Crippen LogP contribution < -0.4 is 0 Å². The van der Waals surface area contributed by atoms with Gasteiger partial charge in [-0.2, -0.15) is 5.10 Å². The van der Waals surface area contributed by atoms with Gasteiger partial charge >= 0.3 is 0 Å². The van der Waals surface area contributed by atoms with E-state index in [1.54, 1.807) is 23.4 Å². The summed E-state index contributed by atoms with van der Waals surface area (Å²) >= 11 is 5.12. The zero-order chi connectivity index (χ0) is 12.4. The molecule has 90 valence electrons. The third-order valence-corrected chi connectivity index (χ3v) is 3.96. The highest BCUT2D eigenvalue weighted by molar-refractivity contribution is 9.10. The summed E-state index contributed by atoms with van der Waals surface area (Å²) in [5, 5.41) is 13.7. The van der Waals surface area contributed by atoms with Crippen LogP contribution in [-0.4, -0.2) is 14.9 Å². The fourth-order valence-electron chi connectivity index (χ4n) is 1.50. The molecule has 2 rings (SSSR count). The Bertz CT molecular complexity index is 525. The van der Waals surface area contributed by atoms with Gasteiger partial charge in [0.1, 0.15) is 0 Å². The van der Waals surface area contributed by atoms with Gasteiger partial charge in [0.15, 0.2) is 0 Å². The SMILES string of the molecule is C[C@H](O)c1ccc(Sc2cnn(C)c2)cc1Br. The number of hydrogen-bond donors (Lipinski definition) is 1. The molecular formula is C12H13BrN2OS. The minimum atomic E-state index is -0.457. The topological polar surface area (TPSA) is 38.1 Å². The molecule has 1 N–H and O–H groups in total. The van der Waals surface area contributed by atoms with Gasteiger partial charge in [-0.25, -0.2) is 0 Å². The van der Waals surface area contributed by atoms with Crippen molar-refractivity contribution in [3.05, 3.63) is 40.6 Å². The first-order valence-corrected chi connectivity index (χ1v) is 6.81. The van der Waals surface area contributed by atoms with E-state index in [0.717, 1.165) is 19.8 Å². The lowest BCUT2D eigenvalue weighted by molar-refractivity contribution is 0.198. The Balaban J connectivity index is 2.20. The summed E-state index contributed by atoms with van der Waals surface area (Å²) < 4.78 is 2.71. The lowest BCUT2D eigenvalue weighted by atomic mass is 10.1. The molecule has 0 aliphatic heterocycles. The molecule has 0 saturated heterocycles. The average Bonchev–Trinajstić information content (AvgIpc) is 2.63. The van der Waals surface area contributed by atoms with Crippen molar-refractivity contribution in [2.75, 3.05) is 0 Å². The Kier molecular flexibility index (Phi) is 3.91. The number of aromatic nitrogens is 2. The lowest BCUT2D eigenvalue weighted by Crippen LogP contribution is -1.92. The summed E-state index contributed by atoms with van der Waals surface area (Å²) in [6.07, 6.45) is 3.35. The van der Waals surface area contributed by atoms with Crippen molar-refractivity contribution in [1.29, 1.82) is 0 Å². The number of nitrogens with zero attached hydrogens (tertiary/aromatic N) is 2. The second kappa shape index (κ2) is 5.25. The Morgan fingerprint density at radius 2 is 2.18 bits per heavy atom. The monoisotopic (exact) mass is 312 g/mol. The molecule has 0 fully saturated rings. The smallest absolute Gasteiger partial charge is 0.0772 e. The van der Waals surface area contributed by atoms with Crippen LogP contribution in [0.1, 0.15) is 18.6 Å². The first-order valence-electron chi connectivity index (χ1n) is 5.20. The molecule has 0 amide bonds. The molecule has 1 atom stereocenters. The molecule has 0 radical (unpaired) electrons. The highest BCUT2D eigenvalue weighted by atomic mass is 79.9. The largest absolute Gasteiger partial charge is 0.389 e. The third-order valence-electron chi connectivity index (χ3n) is 2.34. The minimum absolute atomic E-state index is 0.457. The van der Waals surface area contributed by atoms with E-state index in [2.05, 4.69) is 21.0 Å². The van der Waals surface area contributed by atoms with Gasteiger partial charge in [0.2, 0.25) is 0 Å². The Morgan fingerprint density at radius 1 is 1.41 bits per heavy atom. The number of hydrogen-bond acceptors (Lipinski definition) is 3. The van der Waals surface area contributed by atoms with Crippen LogP contribution >= 0.6 is 27.7 Å². The van der Waals surface area contributed by atoms with Crippen molar-refractivity contribution >= 4 is 27.7 Å². The number of halogens is 1. The van der Waals surface area contributed by atoms with Gasteiger partial charge < -0.3 is 5.11 Å². The molecule has 0 spiro atoms. The molecule has 1 aromatic carbocycles. The molecule has 5 heteroatoms. The van der Waals surface area contributed by atoms with Crippen molar-refractivity contribution in [1.82, 2.24) is 9.78 Å². The average molecular weight is 313 g/mol. The van der Waals surface area contributed by atoms with Crippen molar-refractivity contribution < 1.29 is 5.11 Å². The molecule has 0 bridgehead atoms. The molecule has 0 aliphatic carbocycles. The number of rotatable bonds is 3. The van der Waals surface area contributed by atoms with E-state index >= 15 is 0 Å². The summed E-state index contributed by atoms with van der Waals surface area (Å²) in [4.78, 5) is 2.22. The lowest BCUT2D eigenvalue weighted by Gasteiger charge is -2.08. The number of benzene rings is 1. The predicted molar refractivity (Wildman–Crippen MR) is 72.1 cm³/mol. The van der Waals surface area contributed by atoms with Gasteiger partial charge in [0.05, 0.1) is 17.2 Å². The zero-order valence-corrected chi connectivity index (χ0v) is 12.0. The van der Waals surface area contributed by atoms with Crippen molar-refractivity contribution in [3.8, 4) is 0 Å². The van der Waals surface area contributed by atoms with Gasteiger partial charge in [0.25, 0.3) is 0 Å². The first kappa shape index (κ1) is 12.7. The number of aliphatic hydroxyl groups is 1. The molecule has 2 aromatic rings. The Hall–Kier alpha value is -0.780. The number of aryl methyl sites for hydroxylation is 1. The van der Waals surface area contributed by atoms with Crippen LogP contribution in [0.3, 0.4) is 0 Å². The highest BCUT2D eigenvalue weighted by Crippen LogP contribution is 2.32. The van der Waals surface area contributed by atoms with Crippen LogP contribution in [0, 0.1) is 0 Å². The van der Waals surface area contributed by atoms with E-state index in [1.165, 1.54) is 0 Å². The third kappa shape index (κ3) is 3.12. The van der Waals surface area contributed by atoms with Gasteiger partial charge in [0, 0.05) is 22.6 Å². The maximum atomic E-state index is 9.54. The molecule has 0 aliphatic rings. The molecule has 1 heterocycles. The summed E-state index contributed by atoms with van der Waals surface area (Å²) in [6, 6.07) is 5.96. The summed E-state index contributed by atoms with van der Waals surface area (Å²) in [5.41, 5.74) is 0.903. The van der Waals surface area contributed by atoms with E-state index < -0.39 is 6.10 Å². The van der Waals surface area contributed by atoms with Crippen LogP contribution in [0.25, 0.3) is 0 Å². The van der Waals surface area contributed by atoms with Gasteiger partial charge in [-0.15, -0.1) is 0 Å². The molecule has 1 aromatic heterocycles. The van der Waals surface area contributed by atoms with Crippen LogP contribution in [0.2, 0.25) is 0 Å². The van der Waals surface area contributed by atoms with Crippen LogP contribution in [-0.2, 0) is 7.05 Å². The zero-order valence-electron chi connectivity index (χ0n) is 9.59.